The highest BCUT2D eigenvalue weighted by Gasteiger charge is 2.34. The van der Waals surface area contributed by atoms with Crippen LogP contribution in [0.4, 0.5) is 0 Å². The van der Waals surface area contributed by atoms with Gasteiger partial charge in [0.15, 0.2) is 18.1 Å². The predicted octanol–water partition coefficient (Wildman–Crippen LogP) is 0.783. The zero-order valence-electron chi connectivity index (χ0n) is 16.4. The Bertz CT molecular complexity index is 999. The van der Waals surface area contributed by atoms with Gasteiger partial charge in [0.2, 0.25) is 17.1 Å². The van der Waals surface area contributed by atoms with E-state index in [0.29, 0.717) is 17.3 Å². The lowest BCUT2D eigenvalue weighted by molar-refractivity contribution is -0.142. The van der Waals surface area contributed by atoms with Crippen molar-refractivity contribution in [1.82, 2.24) is 4.90 Å². The molecule has 1 atom stereocenters. The van der Waals surface area contributed by atoms with Gasteiger partial charge in [0.1, 0.15) is 18.1 Å². The second-order valence-electron chi connectivity index (χ2n) is 6.63. The first-order valence-electron chi connectivity index (χ1n) is 8.88. The van der Waals surface area contributed by atoms with Crippen LogP contribution < -0.4 is 25.4 Å². The number of nitrogens with zero attached hydrogens (tertiary/aromatic N) is 1. The summed E-state index contributed by atoms with van der Waals surface area (Å²) in [6, 6.07) is 3.97. The summed E-state index contributed by atoms with van der Waals surface area (Å²) < 4.78 is 21.0. The topological polar surface area (TPSA) is 121 Å². The summed E-state index contributed by atoms with van der Waals surface area (Å²) in [6.45, 7) is 1.34. The molecule has 1 aromatic heterocycles. The lowest BCUT2D eigenvalue weighted by atomic mass is 9.92. The van der Waals surface area contributed by atoms with Crippen molar-refractivity contribution >= 4 is 11.8 Å². The Morgan fingerprint density at radius 2 is 1.79 bits per heavy atom. The first-order chi connectivity index (χ1) is 13.8. The Morgan fingerprint density at radius 1 is 1.14 bits per heavy atom. The van der Waals surface area contributed by atoms with E-state index in [1.54, 1.807) is 19.1 Å². The Balaban J connectivity index is 1.82. The van der Waals surface area contributed by atoms with E-state index in [1.165, 1.54) is 25.2 Å². The number of amides is 2. The number of carbonyl (C=O) groups excluding carboxylic acids is 2. The normalized spacial score (nSPS) is 15.4. The molecule has 0 spiro atoms. The molecular weight excluding hydrogens is 380 g/mol. The summed E-state index contributed by atoms with van der Waals surface area (Å²) in [5.41, 5.74) is 6.79. The number of carbonyl (C=O) groups is 2. The van der Waals surface area contributed by atoms with Crippen LogP contribution in [0.5, 0.6) is 17.2 Å². The summed E-state index contributed by atoms with van der Waals surface area (Å²) >= 11 is 0. The smallest absolute Gasteiger partial charge is 0.261 e. The number of rotatable bonds is 6. The fourth-order valence-electron chi connectivity index (χ4n) is 3.25. The largest absolute Gasteiger partial charge is 0.493 e. The van der Waals surface area contributed by atoms with E-state index in [0.717, 1.165) is 17.4 Å². The monoisotopic (exact) mass is 402 g/mol. The van der Waals surface area contributed by atoms with Crippen molar-refractivity contribution in [2.75, 3.05) is 20.8 Å². The lowest BCUT2D eigenvalue weighted by Crippen LogP contribution is -2.52. The van der Waals surface area contributed by atoms with Gasteiger partial charge >= 0.3 is 0 Å². The zero-order valence-corrected chi connectivity index (χ0v) is 16.4. The molecule has 2 N–H and O–H groups in total. The van der Waals surface area contributed by atoms with Gasteiger partial charge in [-0.05, 0) is 30.2 Å². The third-order valence-corrected chi connectivity index (χ3v) is 4.76. The van der Waals surface area contributed by atoms with E-state index < -0.39 is 29.9 Å². The molecule has 0 bridgehead atoms. The molecule has 1 aliphatic heterocycles. The van der Waals surface area contributed by atoms with E-state index in [2.05, 4.69) is 0 Å². The summed E-state index contributed by atoms with van der Waals surface area (Å²) in [4.78, 5) is 38.0. The van der Waals surface area contributed by atoms with Gasteiger partial charge in [-0.3, -0.25) is 14.4 Å². The van der Waals surface area contributed by atoms with Crippen molar-refractivity contribution in [3.05, 3.63) is 51.6 Å². The Morgan fingerprint density at radius 3 is 2.38 bits per heavy atom. The van der Waals surface area contributed by atoms with Gasteiger partial charge in [-0.15, -0.1) is 0 Å². The van der Waals surface area contributed by atoms with Crippen LogP contribution in [0.3, 0.4) is 0 Å². The third-order valence-electron chi connectivity index (χ3n) is 4.76. The lowest BCUT2D eigenvalue weighted by Gasteiger charge is -2.35. The number of ether oxygens (including phenoxy) is 3. The van der Waals surface area contributed by atoms with Crippen molar-refractivity contribution in [3.8, 4) is 17.2 Å². The first kappa shape index (κ1) is 20.2. The average molecular weight is 402 g/mol. The fourth-order valence-corrected chi connectivity index (χ4v) is 3.25. The second-order valence-corrected chi connectivity index (χ2v) is 6.63. The maximum absolute atomic E-state index is 12.8. The fraction of sp³-hybridized carbons (Fsp3) is 0.350. The molecule has 154 valence electrons. The molecule has 3 rings (SSSR count). The van der Waals surface area contributed by atoms with Crippen LogP contribution in [0.15, 0.2) is 33.7 Å². The van der Waals surface area contributed by atoms with Crippen molar-refractivity contribution < 1.29 is 28.2 Å². The molecule has 0 aliphatic carbocycles. The van der Waals surface area contributed by atoms with E-state index in [1.807, 2.05) is 0 Å². The number of primary amides is 1. The van der Waals surface area contributed by atoms with Crippen LogP contribution in [-0.4, -0.2) is 43.6 Å². The molecule has 9 nitrogen and oxygen atoms in total. The number of fused-ring (bicyclic) bond motifs is 1. The number of aryl methyl sites for hydroxylation is 1. The van der Waals surface area contributed by atoms with Crippen LogP contribution >= 0.6 is 0 Å². The molecule has 9 heteroatoms. The van der Waals surface area contributed by atoms with E-state index in [-0.39, 0.29) is 18.7 Å². The molecule has 1 aliphatic rings. The number of hydrogen-bond acceptors (Lipinski definition) is 7. The highest BCUT2D eigenvalue weighted by molar-refractivity contribution is 5.88. The molecule has 0 fully saturated rings. The average Bonchev–Trinajstić information content (AvgIpc) is 2.70. The van der Waals surface area contributed by atoms with Crippen molar-refractivity contribution in [1.29, 1.82) is 0 Å². The number of nitrogens with two attached hydrogens (primary N) is 1. The standard InChI is InChI=1S/C20H22N2O7/c1-11-4-15(23)18(9-28-11)29-10-19(24)22-8-13-7-17(27-3)16(26-2)6-12(13)5-14(22)20(21)25/h4,6-7,9,14H,5,8,10H2,1-3H3,(H2,21,25). The van der Waals surface area contributed by atoms with Crippen LogP contribution in [0.1, 0.15) is 16.9 Å². The molecule has 1 unspecified atom stereocenters. The number of hydrogen-bond donors (Lipinski definition) is 1. The van der Waals surface area contributed by atoms with Crippen LogP contribution in [0.25, 0.3) is 0 Å². The van der Waals surface area contributed by atoms with Crippen molar-refractivity contribution in [2.45, 2.75) is 25.9 Å². The SMILES string of the molecule is COc1cc2c(cc1OC)CN(C(=O)COc1coc(C)cc1=O)C(C(N)=O)C2. The first-order valence-corrected chi connectivity index (χ1v) is 8.88. The summed E-state index contributed by atoms with van der Waals surface area (Å²) in [5, 5.41) is 0. The molecule has 2 aromatic rings. The minimum atomic E-state index is -0.842. The van der Waals surface area contributed by atoms with Gasteiger partial charge in [0.05, 0.1) is 14.2 Å². The van der Waals surface area contributed by atoms with E-state index in [4.69, 9.17) is 24.4 Å². The number of methoxy groups -OCH3 is 2. The number of benzene rings is 1. The molecule has 0 radical (unpaired) electrons. The summed E-state index contributed by atoms with van der Waals surface area (Å²) in [5.74, 6) is 0.291. The van der Waals surface area contributed by atoms with Crippen molar-refractivity contribution in [3.63, 3.8) is 0 Å². The van der Waals surface area contributed by atoms with Crippen LogP contribution in [0.2, 0.25) is 0 Å². The van der Waals surface area contributed by atoms with Gasteiger partial charge < -0.3 is 29.3 Å². The third kappa shape index (κ3) is 4.18. The molecule has 2 amide bonds. The molecule has 0 saturated carbocycles. The van der Waals surface area contributed by atoms with Crippen molar-refractivity contribution in [2.24, 2.45) is 5.73 Å². The van der Waals surface area contributed by atoms with Gasteiger partial charge in [0.25, 0.3) is 5.91 Å². The molecular formula is C20H22N2O7. The molecule has 2 heterocycles. The van der Waals surface area contributed by atoms with Crippen LogP contribution in [0, 0.1) is 6.92 Å². The minimum absolute atomic E-state index is 0.0802. The van der Waals surface area contributed by atoms with Gasteiger partial charge in [-0.2, -0.15) is 0 Å². The van der Waals surface area contributed by atoms with Gasteiger partial charge in [-0.25, -0.2) is 0 Å². The Kier molecular flexibility index (Phi) is 5.76. The minimum Gasteiger partial charge on any atom is -0.493 e. The Labute approximate surface area is 166 Å². The maximum atomic E-state index is 12.8. The summed E-state index contributed by atoms with van der Waals surface area (Å²) in [7, 11) is 3.04. The molecule has 1 aromatic carbocycles. The highest BCUT2D eigenvalue weighted by Crippen LogP contribution is 2.34. The van der Waals surface area contributed by atoms with E-state index in [9.17, 15) is 14.4 Å². The zero-order chi connectivity index (χ0) is 21.1. The van der Waals surface area contributed by atoms with Gasteiger partial charge in [0, 0.05) is 19.0 Å². The maximum Gasteiger partial charge on any atom is 0.261 e. The quantitative estimate of drug-likeness (QED) is 0.758. The van der Waals surface area contributed by atoms with Gasteiger partial charge in [-0.1, -0.05) is 0 Å². The molecule has 0 saturated heterocycles. The predicted molar refractivity (Wildman–Crippen MR) is 102 cm³/mol. The second kappa shape index (κ2) is 8.26. The van der Waals surface area contributed by atoms with E-state index >= 15 is 0 Å². The summed E-state index contributed by atoms with van der Waals surface area (Å²) in [6.07, 6.45) is 1.39. The Hall–Kier alpha value is -3.49. The highest BCUT2D eigenvalue weighted by atomic mass is 16.5. The van der Waals surface area contributed by atoms with Crippen LogP contribution in [-0.2, 0) is 22.6 Å². The molecule has 29 heavy (non-hydrogen) atoms.